The molecule has 3 heterocycles. The van der Waals surface area contributed by atoms with E-state index >= 15 is 0 Å². The number of hydrazine groups is 1. The lowest BCUT2D eigenvalue weighted by molar-refractivity contribution is -0.133. The molecule has 0 saturated carbocycles. The second kappa shape index (κ2) is 6.26. The molecular formula is C9H12N8O2S3. The summed E-state index contributed by atoms with van der Waals surface area (Å²) in [7, 11) is 1.75. The number of carbonyl (C=O) groups is 1. The summed E-state index contributed by atoms with van der Waals surface area (Å²) in [5.74, 6) is 0.331. The van der Waals surface area contributed by atoms with Gasteiger partial charge in [0.05, 0.1) is 11.6 Å². The Hall–Kier alpha value is -1.60. The first-order chi connectivity index (χ1) is 10.6. The zero-order valence-electron chi connectivity index (χ0n) is 11.6. The fourth-order valence-corrected chi connectivity index (χ4v) is 4.95. The second-order valence-electron chi connectivity index (χ2n) is 4.26. The number of nitrogens with zero attached hydrogens (tertiary/aromatic N) is 8. The smallest absolute Gasteiger partial charge is 0.313 e. The van der Waals surface area contributed by atoms with E-state index in [1.54, 1.807) is 23.5 Å². The molecular weight excluding hydrogens is 348 g/mol. The van der Waals surface area contributed by atoms with E-state index in [2.05, 4.69) is 25.7 Å². The van der Waals surface area contributed by atoms with E-state index in [0.717, 1.165) is 5.01 Å². The standard InChI is InChI=1S/C9H12N8O2S3/c1-5-10-12-8(22-5)17-9(20-3-6(18)19)21-4-16(17)7-11-13-14-15(7)2/h9H,3-4H2,1-2H3,(H,18,19). The molecule has 0 spiro atoms. The third kappa shape index (κ3) is 2.96. The van der Waals surface area contributed by atoms with Crippen molar-refractivity contribution in [1.29, 1.82) is 0 Å². The predicted molar refractivity (Wildman–Crippen MR) is 84.7 cm³/mol. The first-order valence-electron chi connectivity index (χ1n) is 6.10. The molecule has 2 aromatic heterocycles. The lowest BCUT2D eigenvalue weighted by Gasteiger charge is -2.29. The van der Waals surface area contributed by atoms with Gasteiger partial charge in [-0.1, -0.05) is 16.4 Å². The summed E-state index contributed by atoms with van der Waals surface area (Å²) in [5, 5.41) is 33.9. The molecule has 1 N–H and O–H groups in total. The second-order valence-corrected chi connectivity index (χ2v) is 7.82. The van der Waals surface area contributed by atoms with Gasteiger partial charge in [-0.05, 0) is 17.4 Å². The van der Waals surface area contributed by atoms with Gasteiger partial charge in [-0.15, -0.1) is 33.7 Å². The summed E-state index contributed by atoms with van der Waals surface area (Å²) in [6.07, 6.45) is 0. The van der Waals surface area contributed by atoms with Crippen molar-refractivity contribution in [2.45, 2.75) is 11.6 Å². The Morgan fingerprint density at radius 3 is 2.86 bits per heavy atom. The number of tetrazole rings is 1. The van der Waals surface area contributed by atoms with Gasteiger partial charge in [-0.25, -0.2) is 14.7 Å². The summed E-state index contributed by atoms with van der Waals surface area (Å²) >= 11 is 4.35. The minimum absolute atomic E-state index is 0.0108. The summed E-state index contributed by atoms with van der Waals surface area (Å²) < 4.78 is 1.44. The molecule has 10 nitrogen and oxygen atoms in total. The van der Waals surface area contributed by atoms with E-state index in [4.69, 9.17) is 5.11 Å². The number of hydrogen-bond donors (Lipinski definition) is 1. The van der Waals surface area contributed by atoms with Crippen molar-refractivity contribution in [3.8, 4) is 0 Å². The van der Waals surface area contributed by atoms with Gasteiger partial charge < -0.3 is 5.11 Å². The minimum atomic E-state index is -0.849. The normalized spacial score (nSPS) is 18.2. The molecule has 3 rings (SSSR count). The van der Waals surface area contributed by atoms with Crippen molar-refractivity contribution >= 4 is 51.9 Å². The molecule has 1 aliphatic heterocycles. The van der Waals surface area contributed by atoms with Crippen LogP contribution in [-0.2, 0) is 11.8 Å². The molecule has 1 fully saturated rings. The minimum Gasteiger partial charge on any atom is -0.481 e. The van der Waals surface area contributed by atoms with Gasteiger partial charge in [0.25, 0.3) is 5.95 Å². The first kappa shape index (κ1) is 15.3. The lowest BCUT2D eigenvalue weighted by Crippen LogP contribution is -2.42. The van der Waals surface area contributed by atoms with Crippen molar-refractivity contribution in [2.75, 3.05) is 21.6 Å². The monoisotopic (exact) mass is 360 g/mol. The Balaban J connectivity index is 1.90. The first-order valence-corrected chi connectivity index (χ1v) is 9.02. The summed E-state index contributed by atoms with van der Waals surface area (Å²) in [6, 6.07) is 0. The highest BCUT2D eigenvalue weighted by Gasteiger charge is 2.38. The number of thioether (sulfide) groups is 2. The molecule has 1 atom stereocenters. The number of aromatic nitrogens is 6. The topological polar surface area (TPSA) is 113 Å². The van der Waals surface area contributed by atoms with Gasteiger partial charge in [0.2, 0.25) is 5.13 Å². The highest BCUT2D eigenvalue weighted by atomic mass is 32.2. The maximum absolute atomic E-state index is 10.8. The molecule has 0 amide bonds. The van der Waals surface area contributed by atoms with Crippen molar-refractivity contribution < 1.29 is 9.90 Å². The van der Waals surface area contributed by atoms with E-state index in [-0.39, 0.29) is 10.5 Å². The molecule has 1 saturated heterocycles. The molecule has 0 bridgehead atoms. The van der Waals surface area contributed by atoms with Crippen LogP contribution in [0, 0.1) is 6.92 Å². The fourth-order valence-electron chi connectivity index (χ4n) is 1.81. The number of rotatable bonds is 5. The average Bonchev–Trinajstić information content (AvgIpc) is 3.15. The fraction of sp³-hybridized carbons (Fsp3) is 0.556. The molecule has 1 aliphatic rings. The van der Waals surface area contributed by atoms with E-state index < -0.39 is 5.97 Å². The number of hydrogen-bond acceptors (Lipinski definition) is 11. The van der Waals surface area contributed by atoms with Crippen molar-refractivity contribution in [1.82, 2.24) is 30.4 Å². The van der Waals surface area contributed by atoms with Gasteiger partial charge in [0.15, 0.2) is 0 Å². The van der Waals surface area contributed by atoms with Crippen LogP contribution in [0.3, 0.4) is 0 Å². The predicted octanol–water partition coefficient (Wildman–Crippen LogP) is 0.404. The molecule has 13 heteroatoms. The van der Waals surface area contributed by atoms with Crippen molar-refractivity contribution in [3.63, 3.8) is 0 Å². The van der Waals surface area contributed by atoms with Crippen LogP contribution in [-0.4, -0.2) is 57.8 Å². The number of aliphatic carboxylic acids is 1. The maximum Gasteiger partial charge on any atom is 0.313 e. The van der Waals surface area contributed by atoms with Crippen LogP contribution < -0.4 is 10.0 Å². The largest absolute Gasteiger partial charge is 0.481 e. The van der Waals surface area contributed by atoms with Gasteiger partial charge in [0, 0.05) is 7.05 Å². The summed E-state index contributed by atoms with van der Waals surface area (Å²) in [5.41, 5.74) is 0. The van der Waals surface area contributed by atoms with E-state index in [1.165, 1.54) is 23.1 Å². The SMILES string of the molecule is Cc1nnc(N2C(SCC(=O)O)SCN2c2nnnn2C)s1. The molecule has 0 radical (unpaired) electrons. The number of aryl methyl sites for hydroxylation is 2. The van der Waals surface area contributed by atoms with Crippen molar-refractivity contribution in [2.24, 2.45) is 7.05 Å². The van der Waals surface area contributed by atoms with E-state index in [0.29, 0.717) is 17.0 Å². The Morgan fingerprint density at radius 2 is 2.27 bits per heavy atom. The number of anilines is 2. The third-order valence-electron chi connectivity index (χ3n) is 2.69. The molecule has 0 aliphatic carbocycles. The highest BCUT2D eigenvalue weighted by Crippen LogP contribution is 2.41. The van der Waals surface area contributed by atoms with E-state index in [1.807, 2.05) is 16.9 Å². The van der Waals surface area contributed by atoms with Gasteiger partial charge in [-0.3, -0.25) is 4.79 Å². The van der Waals surface area contributed by atoms with Crippen LogP contribution in [0.1, 0.15) is 5.01 Å². The van der Waals surface area contributed by atoms with Crippen LogP contribution >= 0.6 is 34.9 Å². The molecule has 2 aromatic rings. The van der Waals surface area contributed by atoms with Gasteiger partial charge in [-0.2, -0.15) is 0 Å². The number of carboxylic acid groups (broad SMARTS) is 1. The van der Waals surface area contributed by atoms with Crippen LogP contribution in [0.25, 0.3) is 0 Å². The Labute approximate surface area is 137 Å². The Bertz CT molecular complexity index is 675. The third-order valence-corrected chi connectivity index (χ3v) is 6.11. The Morgan fingerprint density at radius 1 is 1.45 bits per heavy atom. The Kier molecular flexibility index (Phi) is 4.35. The highest BCUT2D eigenvalue weighted by molar-refractivity contribution is 8.17. The van der Waals surface area contributed by atoms with E-state index in [9.17, 15) is 4.79 Å². The summed E-state index contributed by atoms with van der Waals surface area (Å²) in [4.78, 5) is 10.8. The van der Waals surface area contributed by atoms with Crippen LogP contribution in [0.15, 0.2) is 0 Å². The molecule has 22 heavy (non-hydrogen) atoms. The maximum atomic E-state index is 10.8. The van der Waals surface area contributed by atoms with Gasteiger partial charge in [0.1, 0.15) is 9.71 Å². The molecule has 118 valence electrons. The van der Waals surface area contributed by atoms with Crippen molar-refractivity contribution in [3.05, 3.63) is 5.01 Å². The molecule has 0 aromatic carbocycles. The quantitative estimate of drug-likeness (QED) is 0.799. The van der Waals surface area contributed by atoms with Crippen LogP contribution in [0.5, 0.6) is 0 Å². The zero-order chi connectivity index (χ0) is 15.7. The van der Waals surface area contributed by atoms with Gasteiger partial charge >= 0.3 is 5.97 Å². The summed E-state index contributed by atoms with van der Waals surface area (Å²) in [6.45, 7) is 1.87. The van der Waals surface area contributed by atoms with Crippen LogP contribution in [0.4, 0.5) is 11.1 Å². The number of carboxylic acids is 1. The average molecular weight is 360 g/mol. The molecule has 1 unspecified atom stereocenters. The lowest BCUT2D eigenvalue weighted by atomic mass is 10.8. The zero-order valence-corrected chi connectivity index (χ0v) is 14.1. The van der Waals surface area contributed by atoms with Crippen LogP contribution in [0.2, 0.25) is 0 Å².